The average molecular weight is 262 g/mol. The highest BCUT2D eigenvalue weighted by Gasteiger charge is 2.28. The zero-order valence-electron chi connectivity index (χ0n) is 10.00. The Hall–Kier alpha value is -1.59. The van der Waals surface area contributed by atoms with E-state index in [0.29, 0.717) is 0 Å². The van der Waals surface area contributed by atoms with Gasteiger partial charge in [-0.2, -0.15) is 0 Å². The lowest BCUT2D eigenvalue weighted by Crippen LogP contribution is -2.24. The second-order valence-corrected chi connectivity index (χ2v) is 4.98. The van der Waals surface area contributed by atoms with Crippen LogP contribution in [0.1, 0.15) is 29.8 Å². The molecule has 1 aliphatic rings. The van der Waals surface area contributed by atoms with Crippen molar-refractivity contribution in [2.24, 2.45) is 5.73 Å². The minimum Gasteiger partial charge on any atom is -0.497 e. The molecule has 94 valence electrons. The maximum Gasteiger partial charge on any atom is 0.143 e. The smallest absolute Gasteiger partial charge is 0.143 e. The molecule has 5 heteroatoms. The summed E-state index contributed by atoms with van der Waals surface area (Å²) in [5.74, 6) is 1.63. The molecular formula is C13H14N2O2S. The van der Waals surface area contributed by atoms with Gasteiger partial charge in [-0.05, 0) is 18.2 Å². The first-order valence-electron chi connectivity index (χ1n) is 5.76. The zero-order chi connectivity index (χ0) is 12.5. The van der Waals surface area contributed by atoms with E-state index in [1.54, 1.807) is 18.4 Å². The van der Waals surface area contributed by atoms with Gasteiger partial charge < -0.3 is 15.2 Å². The third-order valence-electron chi connectivity index (χ3n) is 3.13. The number of nitrogens with zero attached hydrogens (tertiary/aromatic N) is 1. The highest BCUT2D eigenvalue weighted by atomic mass is 32.1. The van der Waals surface area contributed by atoms with E-state index in [4.69, 9.17) is 15.2 Å². The van der Waals surface area contributed by atoms with Gasteiger partial charge in [-0.25, -0.2) is 4.98 Å². The van der Waals surface area contributed by atoms with Crippen molar-refractivity contribution in [3.8, 4) is 11.5 Å². The molecule has 2 N–H and O–H groups in total. The highest BCUT2D eigenvalue weighted by molar-refractivity contribution is 7.07. The number of hydrogen-bond donors (Lipinski definition) is 1. The molecule has 2 atom stereocenters. The molecule has 0 aliphatic carbocycles. The van der Waals surface area contributed by atoms with Gasteiger partial charge in [0.15, 0.2) is 0 Å². The number of nitrogens with two attached hydrogens (primary N) is 1. The number of ether oxygens (including phenoxy) is 2. The summed E-state index contributed by atoms with van der Waals surface area (Å²) in [6.07, 6.45) is 0.691. The minimum absolute atomic E-state index is 0.0458. The predicted octanol–water partition coefficient (Wildman–Crippen LogP) is 2.68. The van der Waals surface area contributed by atoms with Crippen LogP contribution in [0.4, 0.5) is 0 Å². The third-order valence-corrected chi connectivity index (χ3v) is 3.74. The van der Waals surface area contributed by atoms with Crippen molar-refractivity contribution >= 4 is 11.3 Å². The maximum atomic E-state index is 6.21. The Bertz CT molecular complexity index is 542. The lowest BCUT2D eigenvalue weighted by atomic mass is 9.96. The topological polar surface area (TPSA) is 57.4 Å². The summed E-state index contributed by atoms with van der Waals surface area (Å²) in [6, 6.07) is 5.69. The first-order valence-corrected chi connectivity index (χ1v) is 6.70. The quantitative estimate of drug-likeness (QED) is 0.904. The largest absolute Gasteiger partial charge is 0.497 e. The molecule has 0 bridgehead atoms. The number of methoxy groups -OCH3 is 1. The van der Waals surface area contributed by atoms with Gasteiger partial charge in [-0.3, -0.25) is 0 Å². The van der Waals surface area contributed by atoms with Gasteiger partial charge in [0.1, 0.15) is 17.6 Å². The SMILES string of the molecule is COc1ccc2c(c1)[C@@H](N)CC(c1cscn1)O2. The van der Waals surface area contributed by atoms with E-state index in [2.05, 4.69) is 4.98 Å². The van der Waals surface area contributed by atoms with Crippen molar-refractivity contribution in [2.45, 2.75) is 18.6 Å². The van der Waals surface area contributed by atoms with Crippen LogP contribution >= 0.6 is 11.3 Å². The van der Waals surface area contributed by atoms with Crippen LogP contribution in [0.3, 0.4) is 0 Å². The molecule has 4 nitrogen and oxygen atoms in total. The van der Waals surface area contributed by atoms with Gasteiger partial charge in [0.25, 0.3) is 0 Å². The molecule has 1 aromatic carbocycles. The van der Waals surface area contributed by atoms with Gasteiger partial charge in [-0.15, -0.1) is 11.3 Å². The van der Waals surface area contributed by atoms with Gasteiger partial charge in [0, 0.05) is 23.4 Å². The van der Waals surface area contributed by atoms with Gasteiger partial charge in [-0.1, -0.05) is 0 Å². The monoisotopic (exact) mass is 262 g/mol. The van der Waals surface area contributed by atoms with E-state index in [-0.39, 0.29) is 12.1 Å². The predicted molar refractivity (Wildman–Crippen MR) is 70.0 cm³/mol. The molecule has 0 saturated heterocycles. The summed E-state index contributed by atoms with van der Waals surface area (Å²) in [5.41, 5.74) is 9.98. The molecular weight excluding hydrogens is 248 g/mol. The Morgan fingerprint density at radius 2 is 2.39 bits per heavy atom. The normalized spacial score (nSPS) is 22.1. The van der Waals surface area contributed by atoms with Crippen LogP contribution in [0.5, 0.6) is 11.5 Å². The zero-order valence-corrected chi connectivity index (χ0v) is 10.8. The summed E-state index contributed by atoms with van der Waals surface area (Å²) >= 11 is 1.57. The van der Waals surface area contributed by atoms with Crippen LogP contribution in [0.25, 0.3) is 0 Å². The second kappa shape index (κ2) is 4.59. The van der Waals surface area contributed by atoms with E-state index in [1.165, 1.54) is 0 Å². The number of hydrogen-bond acceptors (Lipinski definition) is 5. The van der Waals surface area contributed by atoms with Gasteiger partial charge in [0.05, 0.1) is 18.3 Å². The number of thiazole rings is 1. The summed E-state index contributed by atoms with van der Waals surface area (Å²) in [7, 11) is 1.65. The molecule has 0 amide bonds. The Morgan fingerprint density at radius 1 is 1.50 bits per heavy atom. The molecule has 0 radical (unpaired) electrons. The van der Waals surface area contributed by atoms with Crippen molar-refractivity contribution in [3.05, 3.63) is 40.3 Å². The van der Waals surface area contributed by atoms with Crippen LogP contribution in [0.15, 0.2) is 29.1 Å². The van der Waals surface area contributed by atoms with E-state index in [9.17, 15) is 0 Å². The summed E-state index contributed by atoms with van der Waals surface area (Å²) in [6.45, 7) is 0. The molecule has 2 heterocycles. The average Bonchev–Trinajstić information content (AvgIpc) is 2.92. The van der Waals surface area contributed by atoms with E-state index < -0.39 is 0 Å². The van der Waals surface area contributed by atoms with E-state index in [0.717, 1.165) is 29.2 Å². The molecule has 1 unspecified atom stereocenters. The summed E-state index contributed by atoms with van der Waals surface area (Å²) < 4.78 is 11.2. The van der Waals surface area contributed by atoms with Crippen molar-refractivity contribution in [1.82, 2.24) is 4.98 Å². The van der Waals surface area contributed by atoms with Crippen LogP contribution < -0.4 is 15.2 Å². The van der Waals surface area contributed by atoms with E-state index in [1.807, 2.05) is 29.1 Å². The first-order chi connectivity index (χ1) is 8.78. The van der Waals surface area contributed by atoms with Crippen molar-refractivity contribution < 1.29 is 9.47 Å². The lowest BCUT2D eigenvalue weighted by molar-refractivity contribution is 0.157. The molecule has 0 fully saturated rings. The van der Waals surface area contributed by atoms with Crippen molar-refractivity contribution in [3.63, 3.8) is 0 Å². The minimum atomic E-state index is -0.0489. The number of fused-ring (bicyclic) bond motifs is 1. The number of rotatable bonds is 2. The molecule has 0 saturated carbocycles. The molecule has 2 aromatic rings. The van der Waals surface area contributed by atoms with Crippen LogP contribution in [0, 0.1) is 0 Å². The highest BCUT2D eigenvalue weighted by Crippen LogP contribution is 2.40. The molecule has 3 rings (SSSR count). The number of aromatic nitrogens is 1. The third kappa shape index (κ3) is 1.95. The van der Waals surface area contributed by atoms with Crippen molar-refractivity contribution in [2.75, 3.05) is 7.11 Å². The van der Waals surface area contributed by atoms with E-state index >= 15 is 0 Å². The van der Waals surface area contributed by atoms with Crippen molar-refractivity contribution in [1.29, 1.82) is 0 Å². The Morgan fingerprint density at radius 3 is 3.11 bits per heavy atom. The maximum absolute atomic E-state index is 6.21. The second-order valence-electron chi connectivity index (χ2n) is 4.27. The fraction of sp³-hybridized carbons (Fsp3) is 0.308. The fourth-order valence-corrected chi connectivity index (χ4v) is 2.77. The first kappa shape index (κ1) is 11.5. The van der Waals surface area contributed by atoms with Gasteiger partial charge in [0.2, 0.25) is 0 Å². The Labute approximate surface area is 109 Å². The fourth-order valence-electron chi connectivity index (χ4n) is 2.17. The van der Waals surface area contributed by atoms with Crippen LogP contribution in [-0.4, -0.2) is 12.1 Å². The summed E-state index contributed by atoms with van der Waals surface area (Å²) in [5, 5.41) is 2.01. The number of benzene rings is 1. The van der Waals surface area contributed by atoms with Gasteiger partial charge >= 0.3 is 0 Å². The standard InChI is InChI=1S/C13H14N2O2S/c1-16-8-2-3-12-9(4-8)10(14)5-13(17-12)11-6-18-7-15-11/h2-4,6-7,10,13H,5,14H2,1H3/t10-,13?/m0/s1. The Kier molecular flexibility index (Phi) is 2.93. The van der Waals surface area contributed by atoms with Crippen LogP contribution in [-0.2, 0) is 0 Å². The molecule has 1 aliphatic heterocycles. The lowest BCUT2D eigenvalue weighted by Gasteiger charge is -2.29. The summed E-state index contributed by atoms with van der Waals surface area (Å²) in [4.78, 5) is 4.29. The van der Waals surface area contributed by atoms with Crippen LogP contribution in [0.2, 0.25) is 0 Å². The molecule has 18 heavy (non-hydrogen) atoms. The Balaban J connectivity index is 1.93. The molecule has 1 aromatic heterocycles. The molecule has 0 spiro atoms.